The molecular weight excluding hydrogens is 346 g/mol. The molecule has 4 nitrogen and oxygen atoms in total. The number of benzene rings is 1. The molecule has 4 heteroatoms. The van der Waals surface area contributed by atoms with Crippen molar-refractivity contribution in [3.8, 4) is 11.8 Å². The lowest BCUT2D eigenvalue weighted by molar-refractivity contribution is 0.231. The molecule has 1 spiro atoms. The Morgan fingerprint density at radius 1 is 1.18 bits per heavy atom. The number of anilines is 1. The third kappa shape index (κ3) is 3.29. The lowest BCUT2D eigenvalue weighted by Crippen LogP contribution is -2.41. The summed E-state index contributed by atoms with van der Waals surface area (Å²) in [5.41, 5.74) is 4.78. The molecule has 1 aromatic heterocycles. The van der Waals surface area contributed by atoms with Crippen LogP contribution in [0.4, 0.5) is 5.82 Å². The van der Waals surface area contributed by atoms with E-state index in [0.29, 0.717) is 28.6 Å². The number of aromatic nitrogens is 2. The number of hydrogen-bond donors (Lipinski definition) is 1. The van der Waals surface area contributed by atoms with Crippen LogP contribution in [0.5, 0.6) is 0 Å². The summed E-state index contributed by atoms with van der Waals surface area (Å²) < 4.78 is 0. The maximum absolute atomic E-state index is 9.85. The van der Waals surface area contributed by atoms with Gasteiger partial charge in [-0.2, -0.15) is 0 Å². The third-order valence-corrected chi connectivity index (χ3v) is 6.84. The monoisotopic (exact) mass is 373 g/mol. The standard InChI is InChI=1S/C24H27N3O/c1-17-12-18(17)6-7-21-15-25-23(22(16-28)26-21)27-10-8-24(9-11-27)13-19-4-2-3-5-20(19)14-24/h2-5,15,17-18,28H,8-14,16H2,1H3. The van der Waals surface area contributed by atoms with Crippen molar-refractivity contribution in [2.75, 3.05) is 18.0 Å². The van der Waals surface area contributed by atoms with Crippen molar-refractivity contribution in [2.24, 2.45) is 17.3 Å². The number of rotatable bonds is 2. The average Bonchev–Trinajstić information content (AvgIpc) is 3.31. The molecule has 2 unspecified atom stereocenters. The lowest BCUT2D eigenvalue weighted by Gasteiger charge is -2.40. The molecular formula is C24H27N3O. The molecule has 1 saturated carbocycles. The molecule has 0 radical (unpaired) electrons. The molecule has 2 atom stereocenters. The summed E-state index contributed by atoms with van der Waals surface area (Å²) in [6.45, 7) is 4.07. The molecule has 2 heterocycles. The van der Waals surface area contributed by atoms with Crippen LogP contribution < -0.4 is 4.90 Å². The van der Waals surface area contributed by atoms with Gasteiger partial charge in [-0.1, -0.05) is 37.1 Å². The van der Waals surface area contributed by atoms with Gasteiger partial charge < -0.3 is 10.0 Å². The summed E-state index contributed by atoms with van der Waals surface area (Å²) in [5, 5.41) is 9.85. The smallest absolute Gasteiger partial charge is 0.152 e. The van der Waals surface area contributed by atoms with E-state index >= 15 is 0 Å². The van der Waals surface area contributed by atoms with Crippen LogP contribution in [-0.2, 0) is 19.4 Å². The van der Waals surface area contributed by atoms with Crippen LogP contribution in [0.25, 0.3) is 0 Å². The highest BCUT2D eigenvalue weighted by atomic mass is 16.3. The van der Waals surface area contributed by atoms with Crippen LogP contribution in [0.15, 0.2) is 30.5 Å². The van der Waals surface area contributed by atoms with Gasteiger partial charge in [0.15, 0.2) is 5.82 Å². The van der Waals surface area contributed by atoms with E-state index in [1.807, 2.05) is 0 Å². The second-order valence-corrected chi connectivity index (χ2v) is 8.88. The molecule has 0 amide bonds. The zero-order valence-corrected chi connectivity index (χ0v) is 16.5. The van der Waals surface area contributed by atoms with Gasteiger partial charge in [-0.05, 0) is 60.5 Å². The van der Waals surface area contributed by atoms with Gasteiger partial charge in [0.1, 0.15) is 11.4 Å². The number of nitrogens with zero attached hydrogens (tertiary/aromatic N) is 3. The van der Waals surface area contributed by atoms with E-state index in [1.54, 1.807) is 6.20 Å². The van der Waals surface area contributed by atoms with E-state index in [-0.39, 0.29) is 6.61 Å². The van der Waals surface area contributed by atoms with Crippen LogP contribution in [-0.4, -0.2) is 28.2 Å². The molecule has 2 aromatic rings. The Kier molecular flexibility index (Phi) is 4.36. The van der Waals surface area contributed by atoms with E-state index in [2.05, 4.69) is 57.9 Å². The Morgan fingerprint density at radius 2 is 1.86 bits per heavy atom. The van der Waals surface area contributed by atoms with Gasteiger partial charge in [0.25, 0.3) is 0 Å². The van der Waals surface area contributed by atoms with Crippen molar-refractivity contribution < 1.29 is 5.11 Å². The second-order valence-electron chi connectivity index (χ2n) is 8.88. The molecule has 5 rings (SSSR count). The Labute approximate surface area is 167 Å². The SMILES string of the molecule is CC1CC1C#Cc1cnc(N2CCC3(CC2)Cc2ccccc2C3)c(CO)n1. The van der Waals surface area contributed by atoms with Crippen molar-refractivity contribution in [1.29, 1.82) is 0 Å². The molecule has 1 aromatic carbocycles. The highest BCUT2D eigenvalue weighted by molar-refractivity contribution is 5.46. The van der Waals surface area contributed by atoms with Gasteiger partial charge in [0.05, 0.1) is 12.8 Å². The largest absolute Gasteiger partial charge is 0.390 e. The summed E-state index contributed by atoms with van der Waals surface area (Å²) in [6, 6.07) is 8.89. The molecule has 28 heavy (non-hydrogen) atoms. The fraction of sp³-hybridized carbons (Fsp3) is 0.500. The van der Waals surface area contributed by atoms with E-state index < -0.39 is 0 Å². The Morgan fingerprint density at radius 3 is 2.46 bits per heavy atom. The number of piperidine rings is 1. The summed E-state index contributed by atoms with van der Waals surface area (Å²) in [7, 11) is 0. The fourth-order valence-electron chi connectivity index (χ4n) is 4.86. The summed E-state index contributed by atoms with van der Waals surface area (Å²) in [4.78, 5) is 11.5. The molecule has 2 fully saturated rings. The van der Waals surface area contributed by atoms with Gasteiger partial charge in [0.2, 0.25) is 0 Å². The van der Waals surface area contributed by atoms with Gasteiger partial charge in [-0.15, -0.1) is 0 Å². The van der Waals surface area contributed by atoms with Crippen LogP contribution in [0, 0.1) is 29.1 Å². The molecule has 144 valence electrons. The minimum absolute atomic E-state index is 0.0925. The summed E-state index contributed by atoms with van der Waals surface area (Å²) in [5.74, 6) is 8.45. The Bertz CT molecular complexity index is 923. The topological polar surface area (TPSA) is 49.2 Å². The quantitative estimate of drug-likeness (QED) is 0.820. The van der Waals surface area contributed by atoms with Gasteiger partial charge in [-0.3, -0.25) is 0 Å². The van der Waals surface area contributed by atoms with Crippen LogP contribution >= 0.6 is 0 Å². The van der Waals surface area contributed by atoms with Crippen molar-refractivity contribution in [2.45, 2.75) is 45.6 Å². The van der Waals surface area contributed by atoms with E-state index in [4.69, 9.17) is 0 Å². The predicted octanol–water partition coefficient (Wildman–Crippen LogP) is 3.36. The van der Waals surface area contributed by atoms with E-state index in [1.165, 1.54) is 30.4 Å². The first-order valence-electron chi connectivity index (χ1n) is 10.5. The van der Waals surface area contributed by atoms with Crippen molar-refractivity contribution in [3.63, 3.8) is 0 Å². The number of hydrogen-bond acceptors (Lipinski definition) is 4. The molecule has 2 aliphatic carbocycles. The highest BCUT2D eigenvalue weighted by Gasteiger charge is 2.40. The first kappa shape index (κ1) is 17.7. The van der Waals surface area contributed by atoms with Crippen molar-refractivity contribution in [1.82, 2.24) is 9.97 Å². The van der Waals surface area contributed by atoms with Gasteiger partial charge in [0, 0.05) is 19.0 Å². The Balaban J connectivity index is 1.29. The maximum atomic E-state index is 9.85. The van der Waals surface area contributed by atoms with Crippen molar-refractivity contribution >= 4 is 5.82 Å². The molecule has 1 saturated heterocycles. The Hall–Kier alpha value is -2.38. The van der Waals surface area contributed by atoms with Crippen LogP contribution in [0.2, 0.25) is 0 Å². The van der Waals surface area contributed by atoms with Gasteiger partial charge >= 0.3 is 0 Å². The van der Waals surface area contributed by atoms with Gasteiger partial charge in [-0.25, -0.2) is 9.97 Å². The molecule has 1 N–H and O–H groups in total. The summed E-state index contributed by atoms with van der Waals surface area (Å²) >= 11 is 0. The lowest BCUT2D eigenvalue weighted by atomic mass is 9.76. The predicted molar refractivity (Wildman–Crippen MR) is 110 cm³/mol. The average molecular weight is 374 g/mol. The van der Waals surface area contributed by atoms with E-state index in [9.17, 15) is 5.11 Å². The maximum Gasteiger partial charge on any atom is 0.152 e. The zero-order valence-electron chi connectivity index (χ0n) is 16.5. The fourth-order valence-corrected chi connectivity index (χ4v) is 4.86. The number of aliphatic hydroxyl groups excluding tert-OH is 1. The number of fused-ring (bicyclic) bond motifs is 1. The highest BCUT2D eigenvalue weighted by Crippen LogP contribution is 2.45. The minimum atomic E-state index is -0.0925. The first-order valence-corrected chi connectivity index (χ1v) is 10.5. The number of aliphatic hydroxyl groups is 1. The second kappa shape index (κ2) is 6.90. The van der Waals surface area contributed by atoms with Crippen LogP contribution in [0.3, 0.4) is 0 Å². The van der Waals surface area contributed by atoms with Crippen molar-refractivity contribution in [3.05, 3.63) is 53.0 Å². The van der Waals surface area contributed by atoms with Crippen LogP contribution in [0.1, 0.15) is 48.7 Å². The molecule has 0 bridgehead atoms. The summed E-state index contributed by atoms with van der Waals surface area (Å²) in [6.07, 6.45) is 7.67. The minimum Gasteiger partial charge on any atom is -0.390 e. The van der Waals surface area contributed by atoms with E-state index in [0.717, 1.165) is 31.7 Å². The molecule has 3 aliphatic rings. The zero-order chi connectivity index (χ0) is 19.1. The first-order chi connectivity index (χ1) is 13.7. The normalized spacial score (nSPS) is 24.6. The molecule has 1 aliphatic heterocycles. The third-order valence-electron chi connectivity index (χ3n) is 6.84.